The van der Waals surface area contributed by atoms with Gasteiger partial charge in [0.2, 0.25) is 0 Å². The van der Waals surface area contributed by atoms with Crippen molar-refractivity contribution in [3.8, 4) is 0 Å². The van der Waals surface area contributed by atoms with E-state index < -0.39 is 22.8 Å². The van der Waals surface area contributed by atoms with Crippen LogP contribution in [0.3, 0.4) is 0 Å². The molecule has 88 valence electrons. The average molecular weight is 249 g/mol. The maximum absolute atomic E-state index is 12.0. The molecule has 1 aromatic carbocycles. The van der Waals surface area contributed by atoms with E-state index in [-0.39, 0.29) is 0 Å². The molecule has 1 amide bonds. The molecule has 0 aliphatic heterocycles. The molecule has 2 nitrogen and oxygen atoms in total. The zero-order valence-electron chi connectivity index (χ0n) is 8.71. The molecule has 0 fully saturated rings. The number of halogens is 3. The van der Waals surface area contributed by atoms with Gasteiger partial charge in [-0.15, -0.1) is 0 Å². The first kappa shape index (κ1) is 12.9. The Balaban J connectivity index is 2.94. The van der Waals surface area contributed by atoms with Crippen molar-refractivity contribution in [3.63, 3.8) is 0 Å². The lowest BCUT2D eigenvalue weighted by Gasteiger charge is -2.04. The Hall–Kier alpha value is -1.17. The quantitative estimate of drug-likeness (QED) is 0.752. The summed E-state index contributed by atoms with van der Waals surface area (Å²) in [6.07, 6.45) is -3.40. The predicted molar refractivity (Wildman–Crippen MR) is 56.2 cm³/mol. The fraction of sp³-hybridized carbons (Fsp3) is 0.300. The van der Waals surface area contributed by atoms with Gasteiger partial charge in [-0.05, 0) is 25.3 Å². The summed E-state index contributed by atoms with van der Waals surface area (Å²) in [5.74, 6) is -2.03. The third-order valence-corrected chi connectivity index (χ3v) is 3.22. The SMILES string of the molecule is Cc1ccc([S@](C)=NC(=O)C(F)(F)F)cc1. The van der Waals surface area contributed by atoms with Gasteiger partial charge in [-0.2, -0.15) is 17.5 Å². The second-order valence-electron chi connectivity index (χ2n) is 3.19. The zero-order valence-corrected chi connectivity index (χ0v) is 9.52. The Morgan fingerprint density at radius 3 is 2.19 bits per heavy atom. The highest BCUT2D eigenvalue weighted by molar-refractivity contribution is 7.87. The number of rotatable bonds is 1. The van der Waals surface area contributed by atoms with Crippen LogP contribution < -0.4 is 0 Å². The van der Waals surface area contributed by atoms with Crippen molar-refractivity contribution >= 4 is 16.6 Å². The molecule has 1 aromatic rings. The van der Waals surface area contributed by atoms with Crippen LogP contribution in [0.25, 0.3) is 0 Å². The van der Waals surface area contributed by atoms with E-state index in [1.165, 1.54) is 6.26 Å². The molecule has 16 heavy (non-hydrogen) atoms. The Labute approximate surface area is 93.6 Å². The predicted octanol–water partition coefficient (Wildman–Crippen LogP) is 2.87. The number of carbonyl (C=O) groups excluding carboxylic acids is 1. The van der Waals surface area contributed by atoms with Gasteiger partial charge in [0.15, 0.2) is 0 Å². The van der Waals surface area contributed by atoms with Gasteiger partial charge in [0.05, 0.1) is 0 Å². The van der Waals surface area contributed by atoms with Gasteiger partial charge in [0.25, 0.3) is 0 Å². The number of carbonyl (C=O) groups is 1. The Morgan fingerprint density at radius 1 is 1.25 bits per heavy atom. The van der Waals surface area contributed by atoms with Gasteiger partial charge in [-0.25, -0.2) is 0 Å². The average Bonchev–Trinajstić information content (AvgIpc) is 2.17. The van der Waals surface area contributed by atoms with E-state index in [0.29, 0.717) is 4.90 Å². The zero-order chi connectivity index (χ0) is 12.3. The molecule has 0 saturated carbocycles. The summed E-state index contributed by atoms with van der Waals surface area (Å²) in [5, 5.41) is 0. The lowest BCUT2D eigenvalue weighted by molar-refractivity contribution is -0.169. The van der Waals surface area contributed by atoms with Crippen LogP contribution in [0.4, 0.5) is 13.2 Å². The van der Waals surface area contributed by atoms with Crippen molar-refractivity contribution < 1.29 is 18.0 Å². The van der Waals surface area contributed by atoms with Crippen LogP contribution >= 0.6 is 0 Å². The van der Waals surface area contributed by atoms with Crippen LogP contribution in [0.1, 0.15) is 5.56 Å². The number of hydrogen-bond acceptors (Lipinski definition) is 1. The first-order chi connectivity index (χ1) is 7.30. The molecule has 0 spiro atoms. The van der Waals surface area contributed by atoms with Crippen LogP contribution in [0.5, 0.6) is 0 Å². The van der Waals surface area contributed by atoms with E-state index in [1.807, 2.05) is 6.92 Å². The van der Waals surface area contributed by atoms with Crippen molar-refractivity contribution in [2.45, 2.75) is 18.0 Å². The van der Waals surface area contributed by atoms with Crippen molar-refractivity contribution in [1.82, 2.24) is 0 Å². The second-order valence-corrected chi connectivity index (χ2v) is 4.80. The molecule has 0 aliphatic carbocycles. The molecule has 0 bridgehead atoms. The summed E-state index contributed by atoms with van der Waals surface area (Å²) in [7, 11) is -1.06. The van der Waals surface area contributed by atoms with Crippen molar-refractivity contribution in [2.75, 3.05) is 6.26 Å². The van der Waals surface area contributed by atoms with E-state index in [9.17, 15) is 18.0 Å². The maximum atomic E-state index is 12.0. The third kappa shape index (κ3) is 3.44. The van der Waals surface area contributed by atoms with Crippen molar-refractivity contribution in [3.05, 3.63) is 29.8 Å². The molecule has 1 atom stereocenters. The summed E-state index contributed by atoms with van der Waals surface area (Å²) in [4.78, 5) is 11.2. The smallest absolute Gasteiger partial charge is 0.261 e. The number of benzene rings is 1. The molecular weight excluding hydrogens is 239 g/mol. The number of aryl methyl sites for hydroxylation is 1. The number of nitrogens with zero attached hydrogens (tertiary/aromatic N) is 1. The molecule has 0 radical (unpaired) electrons. The minimum Gasteiger partial charge on any atom is -0.261 e. The summed E-state index contributed by atoms with van der Waals surface area (Å²) >= 11 is 0. The number of amides is 1. The highest BCUT2D eigenvalue weighted by Gasteiger charge is 2.38. The van der Waals surface area contributed by atoms with Gasteiger partial charge in [0.1, 0.15) is 0 Å². The fourth-order valence-electron chi connectivity index (χ4n) is 0.964. The first-order valence-corrected chi connectivity index (χ1v) is 5.95. The summed E-state index contributed by atoms with van der Waals surface area (Å²) in [6, 6.07) is 6.88. The second kappa shape index (κ2) is 4.78. The van der Waals surface area contributed by atoms with E-state index in [0.717, 1.165) is 5.56 Å². The van der Waals surface area contributed by atoms with Crippen LogP contribution in [0, 0.1) is 6.92 Å². The maximum Gasteiger partial charge on any atom is 0.474 e. The van der Waals surface area contributed by atoms with Gasteiger partial charge >= 0.3 is 12.1 Å². The van der Waals surface area contributed by atoms with Gasteiger partial charge < -0.3 is 0 Å². The lowest BCUT2D eigenvalue weighted by atomic mass is 10.2. The minimum atomic E-state index is -4.88. The van der Waals surface area contributed by atoms with Gasteiger partial charge in [-0.1, -0.05) is 28.4 Å². The Morgan fingerprint density at radius 2 is 1.75 bits per heavy atom. The number of hydrogen-bond donors (Lipinski definition) is 0. The molecule has 6 heteroatoms. The minimum absolute atomic E-state index is 0.614. The normalized spacial score (nSPS) is 13.8. The van der Waals surface area contributed by atoms with Crippen LogP contribution in [-0.4, -0.2) is 18.3 Å². The van der Waals surface area contributed by atoms with E-state index in [4.69, 9.17) is 0 Å². The molecule has 1 rings (SSSR count). The third-order valence-electron chi connectivity index (χ3n) is 1.82. The number of alkyl halides is 3. The molecular formula is C10H10F3NOS. The molecule has 0 saturated heterocycles. The van der Waals surface area contributed by atoms with Crippen molar-refractivity contribution in [2.24, 2.45) is 4.36 Å². The molecule has 0 aliphatic rings. The highest BCUT2D eigenvalue weighted by Crippen LogP contribution is 2.18. The first-order valence-electron chi connectivity index (χ1n) is 4.36. The lowest BCUT2D eigenvalue weighted by Crippen LogP contribution is -2.20. The Kier molecular flexibility index (Phi) is 3.85. The van der Waals surface area contributed by atoms with Crippen LogP contribution in [-0.2, 0) is 15.5 Å². The molecule has 0 heterocycles. The molecule has 0 N–H and O–H groups in total. The van der Waals surface area contributed by atoms with Crippen LogP contribution in [0.15, 0.2) is 33.5 Å². The largest absolute Gasteiger partial charge is 0.474 e. The van der Waals surface area contributed by atoms with E-state index in [2.05, 4.69) is 4.36 Å². The van der Waals surface area contributed by atoms with Gasteiger partial charge in [0, 0.05) is 4.90 Å². The molecule has 0 unspecified atom stereocenters. The summed E-state index contributed by atoms with van der Waals surface area (Å²) < 4.78 is 39.0. The van der Waals surface area contributed by atoms with Crippen LogP contribution in [0.2, 0.25) is 0 Å². The van der Waals surface area contributed by atoms with E-state index >= 15 is 0 Å². The monoisotopic (exact) mass is 249 g/mol. The standard InChI is InChI=1S/C10H10F3NOS/c1-7-3-5-8(6-4-7)16(2)14-9(15)10(11,12)13/h3-6H,1-2H3/t16-/m0/s1. The summed E-state index contributed by atoms with van der Waals surface area (Å²) in [5.41, 5.74) is 1.00. The summed E-state index contributed by atoms with van der Waals surface area (Å²) in [6.45, 7) is 1.87. The topological polar surface area (TPSA) is 29.4 Å². The highest BCUT2D eigenvalue weighted by atomic mass is 32.2. The Bertz CT molecular complexity index is 423. The fourth-order valence-corrected chi connectivity index (χ4v) is 1.95. The van der Waals surface area contributed by atoms with Gasteiger partial charge in [-0.3, -0.25) is 4.79 Å². The van der Waals surface area contributed by atoms with E-state index in [1.54, 1.807) is 24.3 Å². The molecule has 0 aromatic heterocycles. The van der Waals surface area contributed by atoms with Crippen molar-refractivity contribution in [1.29, 1.82) is 0 Å².